The third kappa shape index (κ3) is 3.95. The number of benzene rings is 3. The van der Waals surface area contributed by atoms with E-state index in [1.165, 1.54) is 16.7 Å². The molecule has 0 N–H and O–H groups in total. The Morgan fingerprint density at radius 3 is 2.07 bits per heavy atom. The first-order valence-electron chi connectivity index (χ1n) is 9.75. The average Bonchev–Trinajstić information content (AvgIpc) is 2.66. The highest BCUT2D eigenvalue weighted by atomic mass is 16.5. The third-order valence-corrected chi connectivity index (χ3v) is 5.02. The van der Waals surface area contributed by atoms with Crippen molar-refractivity contribution in [2.45, 2.75) is 27.7 Å². The highest BCUT2D eigenvalue weighted by Gasteiger charge is 2.10. The zero-order valence-corrected chi connectivity index (χ0v) is 17.5. The predicted octanol–water partition coefficient (Wildman–Crippen LogP) is 6.57. The second-order valence-electron chi connectivity index (χ2n) is 7.64. The fourth-order valence-corrected chi connectivity index (χ4v) is 3.82. The van der Waals surface area contributed by atoms with Gasteiger partial charge in [0.25, 0.3) is 0 Å². The van der Waals surface area contributed by atoms with Gasteiger partial charge in [-0.1, -0.05) is 12.1 Å². The summed E-state index contributed by atoms with van der Waals surface area (Å²) in [7, 11) is 1.67. The number of aryl methyl sites for hydroxylation is 4. The molecule has 0 aliphatic heterocycles. The standard InChI is InChI=1S/C26H25NO2/c1-16-10-17(2)13-21(12-16)27-23-15-24(20-6-8-22(28-5)9-7-20)29-25-14-18(3)11-19(4)26(23)25/h6-15H,1-5H3. The molecule has 3 nitrogen and oxygen atoms in total. The number of methoxy groups -OCH3 is 1. The third-order valence-electron chi connectivity index (χ3n) is 5.02. The molecule has 0 spiro atoms. The monoisotopic (exact) mass is 383 g/mol. The van der Waals surface area contributed by atoms with Crippen molar-refractivity contribution in [2.75, 3.05) is 7.11 Å². The number of nitrogens with zero attached hydrogens (tertiary/aromatic N) is 1. The smallest absolute Gasteiger partial charge is 0.137 e. The highest BCUT2D eigenvalue weighted by molar-refractivity contribution is 5.82. The van der Waals surface area contributed by atoms with E-state index in [2.05, 4.69) is 58.0 Å². The van der Waals surface area contributed by atoms with Crippen LogP contribution in [0.3, 0.4) is 0 Å². The lowest BCUT2D eigenvalue weighted by Crippen LogP contribution is -2.05. The van der Waals surface area contributed by atoms with E-state index in [0.29, 0.717) is 0 Å². The van der Waals surface area contributed by atoms with Crippen LogP contribution < -0.4 is 10.1 Å². The van der Waals surface area contributed by atoms with Crippen molar-refractivity contribution in [3.8, 4) is 17.1 Å². The molecule has 0 aliphatic rings. The van der Waals surface area contributed by atoms with Gasteiger partial charge in [-0.2, -0.15) is 0 Å². The molecule has 1 heterocycles. The van der Waals surface area contributed by atoms with Crippen LogP contribution in [0.15, 0.2) is 70.1 Å². The molecular formula is C26H25NO2. The summed E-state index contributed by atoms with van der Waals surface area (Å²) >= 11 is 0. The second-order valence-corrected chi connectivity index (χ2v) is 7.64. The number of ether oxygens (including phenoxy) is 1. The lowest BCUT2D eigenvalue weighted by atomic mass is 10.0. The Balaban J connectivity index is 2.01. The van der Waals surface area contributed by atoms with Gasteiger partial charge in [-0.15, -0.1) is 0 Å². The molecule has 3 aromatic carbocycles. The van der Waals surface area contributed by atoms with E-state index >= 15 is 0 Å². The van der Waals surface area contributed by atoms with Crippen molar-refractivity contribution in [3.05, 3.63) is 88.3 Å². The molecule has 0 unspecified atom stereocenters. The summed E-state index contributed by atoms with van der Waals surface area (Å²) in [5.74, 6) is 1.61. The van der Waals surface area contributed by atoms with Crippen LogP contribution in [0.25, 0.3) is 22.3 Å². The summed E-state index contributed by atoms with van der Waals surface area (Å²) in [5, 5.41) is 1.96. The molecule has 0 fully saturated rings. The normalized spacial score (nSPS) is 11.8. The van der Waals surface area contributed by atoms with Crippen molar-refractivity contribution in [1.29, 1.82) is 0 Å². The number of hydrogen-bond acceptors (Lipinski definition) is 3. The molecule has 0 atom stereocenters. The van der Waals surface area contributed by atoms with Crippen LogP contribution in [0, 0.1) is 27.7 Å². The van der Waals surface area contributed by atoms with Gasteiger partial charge in [0.05, 0.1) is 18.2 Å². The molecule has 0 radical (unpaired) electrons. The van der Waals surface area contributed by atoms with Crippen LogP contribution >= 0.6 is 0 Å². The summed E-state index contributed by atoms with van der Waals surface area (Å²) in [5.41, 5.74) is 7.53. The van der Waals surface area contributed by atoms with Gasteiger partial charge in [-0.05, 0) is 92.4 Å². The van der Waals surface area contributed by atoms with Gasteiger partial charge in [0.1, 0.15) is 17.1 Å². The summed E-state index contributed by atoms with van der Waals surface area (Å²) < 4.78 is 11.6. The summed E-state index contributed by atoms with van der Waals surface area (Å²) in [6.45, 7) is 8.39. The van der Waals surface area contributed by atoms with Crippen molar-refractivity contribution >= 4 is 16.7 Å². The molecule has 146 valence electrons. The predicted molar refractivity (Wildman–Crippen MR) is 119 cm³/mol. The van der Waals surface area contributed by atoms with Gasteiger partial charge >= 0.3 is 0 Å². The maximum Gasteiger partial charge on any atom is 0.137 e. The van der Waals surface area contributed by atoms with Crippen LogP contribution in [0.4, 0.5) is 5.69 Å². The number of fused-ring (bicyclic) bond motifs is 1. The van der Waals surface area contributed by atoms with Gasteiger partial charge < -0.3 is 9.15 Å². The first-order valence-corrected chi connectivity index (χ1v) is 9.75. The van der Waals surface area contributed by atoms with Crippen LogP contribution in [-0.2, 0) is 0 Å². The summed E-state index contributed by atoms with van der Waals surface area (Å²) in [4.78, 5) is 5.02. The Bertz CT molecular complexity index is 1240. The molecule has 3 heteroatoms. The SMILES string of the molecule is COc1ccc(-c2cc(=Nc3cc(C)cc(C)c3)c3c(C)cc(C)cc3o2)cc1. The zero-order valence-electron chi connectivity index (χ0n) is 17.5. The molecule has 0 bridgehead atoms. The molecular weight excluding hydrogens is 358 g/mol. The van der Waals surface area contributed by atoms with E-state index in [9.17, 15) is 0 Å². The molecule has 29 heavy (non-hydrogen) atoms. The van der Waals surface area contributed by atoms with Gasteiger partial charge in [0.15, 0.2) is 0 Å². The minimum Gasteiger partial charge on any atom is -0.497 e. The van der Waals surface area contributed by atoms with E-state index < -0.39 is 0 Å². The fraction of sp³-hybridized carbons (Fsp3) is 0.192. The maximum absolute atomic E-state index is 6.31. The summed E-state index contributed by atoms with van der Waals surface area (Å²) in [6.07, 6.45) is 0. The Labute approximate surface area is 171 Å². The number of hydrogen-bond donors (Lipinski definition) is 0. The quantitative estimate of drug-likeness (QED) is 0.401. The fourth-order valence-electron chi connectivity index (χ4n) is 3.82. The van der Waals surface area contributed by atoms with Gasteiger partial charge in [-0.3, -0.25) is 0 Å². The van der Waals surface area contributed by atoms with Crippen molar-refractivity contribution < 1.29 is 9.15 Å². The molecule has 4 rings (SSSR count). The van der Waals surface area contributed by atoms with Gasteiger partial charge in [0.2, 0.25) is 0 Å². The average molecular weight is 383 g/mol. The minimum atomic E-state index is 0.785. The molecule has 4 aromatic rings. The molecule has 0 amide bonds. The second kappa shape index (κ2) is 7.59. The van der Waals surface area contributed by atoms with E-state index in [1.807, 2.05) is 30.3 Å². The van der Waals surface area contributed by atoms with Gasteiger partial charge in [0, 0.05) is 17.0 Å². The lowest BCUT2D eigenvalue weighted by Gasteiger charge is -2.09. The van der Waals surface area contributed by atoms with Crippen molar-refractivity contribution in [1.82, 2.24) is 0 Å². The highest BCUT2D eigenvalue weighted by Crippen LogP contribution is 2.27. The van der Waals surface area contributed by atoms with Crippen molar-refractivity contribution in [2.24, 2.45) is 4.99 Å². The Morgan fingerprint density at radius 2 is 1.41 bits per heavy atom. The maximum atomic E-state index is 6.31. The molecule has 0 aliphatic carbocycles. The van der Waals surface area contributed by atoms with Gasteiger partial charge in [-0.25, -0.2) is 4.99 Å². The largest absolute Gasteiger partial charge is 0.497 e. The summed E-state index contributed by atoms with van der Waals surface area (Å²) in [6, 6.07) is 20.6. The zero-order chi connectivity index (χ0) is 20.5. The molecule has 1 aromatic heterocycles. The first kappa shape index (κ1) is 19.0. The first-order chi connectivity index (χ1) is 13.9. The van der Waals surface area contributed by atoms with Crippen molar-refractivity contribution in [3.63, 3.8) is 0 Å². The Kier molecular flexibility index (Phi) is 4.98. The van der Waals surface area contributed by atoms with E-state index in [-0.39, 0.29) is 0 Å². The van der Waals surface area contributed by atoms with E-state index in [1.54, 1.807) is 7.11 Å². The van der Waals surface area contributed by atoms with E-state index in [0.717, 1.165) is 44.7 Å². The molecule has 0 saturated heterocycles. The Morgan fingerprint density at radius 1 is 0.759 bits per heavy atom. The van der Waals surface area contributed by atoms with Crippen LogP contribution in [-0.4, -0.2) is 7.11 Å². The Hall–Kier alpha value is -3.33. The lowest BCUT2D eigenvalue weighted by molar-refractivity contribution is 0.415. The molecule has 0 saturated carbocycles. The number of rotatable bonds is 3. The van der Waals surface area contributed by atoms with Crippen LogP contribution in [0.1, 0.15) is 22.3 Å². The topological polar surface area (TPSA) is 34.7 Å². The van der Waals surface area contributed by atoms with E-state index in [4.69, 9.17) is 14.1 Å². The van der Waals surface area contributed by atoms with Crippen LogP contribution in [0.2, 0.25) is 0 Å². The van der Waals surface area contributed by atoms with Crippen LogP contribution in [0.5, 0.6) is 5.75 Å². The minimum absolute atomic E-state index is 0.785.